The van der Waals surface area contributed by atoms with Crippen LogP contribution in [-0.4, -0.2) is 29.9 Å². The molecule has 19 heavy (non-hydrogen) atoms. The number of benzene rings is 1. The van der Waals surface area contributed by atoms with Crippen LogP contribution in [0.4, 0.5) is 4.79 Å². The Bertz CT molecular complexity index is 408. The Hall–Kier alpha value is -1.49. The molecule has 0 aliphatic rings. The average Bonchev–Trinajstić information content (AvgIpc) is 2.42. The van der Waals surface area contributed by atoms with Crippen LogP contribution in [0.2, 0.25) is 0 Å². The molecule has 0 aliphatic heterocycles. The monoisotopic (exact) mass is 280 g/mol. The van der Waals surface area contributed by atoms with Crippen LogP contribution in [0.25, 0.3) is 0 Å². The summed E-state index contributed by atoms with van der Waals surface area (Å²) in [6.07, 6.45) is 1.91. The number of hydrogen-bond donors (Lipinski definition) is 1. The van der Waals surface area contributed by atoms with E-state index in [0.29, 0.717) is 6.42 Å². The van der Waals surface area contributed by atoms with E-state index in [1.54, 1.807) is 11.8 Å². The van der Waals surface area contributed by atoms with E-state index in [9.17, 15) is 9.59 Å². The van der Waals surface area contributed by atoms with Gasteiger partial charge in [0, 0.05) is 6.92 Å². The van der Waals surface area contributed by atoms with Gasteiger partial charge >= 0.3 is 6.09 Å². The van der Waals surface area contributed by atoms with Crippen molar-refractivity contribution in [3.8, 4) is 0 Å². The summed E-state index contributed by atoms with van der Waals surface area (Å²) in [4.78, 5) is 22.8. The van der Waals surface area contributed by atoms with Crippen molar-refractivity contribution in [3.05, 3.63) is 42.8 Å². The molecule has 103 valence electrons. The van der Waals surface area contributed by atoms with Crippen LogP contribution in [0.1, 0.15) is 12.0 Å². The number of rotatable bonds is 7. The third-order valence-electron chi connectivity index (χ3n) is 2.50. The highest BCUT2D eigenvalue weighted by Gasteiger charge is 2.17. The predicted octanol–water partition coefficient (Wildman–Crippen LogP) is 2.44. The van der Waals surface area contributed by atoms with Gasteiger partial charge in [-0.25, -0.2) is 4.79 Å². The minimum Gasteiger partial charge on any atom is -0.445 e. The van der Waals surface area contributed by atoms with Gasteiger partial charge in [0.15, 0.2) is 5.78 Å². The van der Waals surface area contributed by atoms with E-state index in [2.05, 4.69) is 12.2 Å². The third-order valence-corrected chi connectivity index (χ3v) is 3.15. The number of hydrogen-bond acceptors (Lipinski definition) is 4. The van der Waals surface area contributed by atoms with Crippen molar-refractivity contribution in [2.45, 2.75) is 19.1 Å². The average molecular weight is 280 g/mol. The molecule has 0 saturated carbocycles. The molecular formula is C14H18NO3S. The van der Waals surface area contributed by atoms with Gasteiger partial charge in [0.2, 0.25) is 0 Å². The van der Waals surface area contributed by atoms with Crippen molar-refractivity contribution in [3.63, 3.8) is 0 Å². The Balaban J connectivity index is 2.38. The lowest BCUT2D eigenvalue weighted by atomic mass is 10.1. The molecule has 0 aromatic heterocycles. The normalized spacial score (nSPS) is 11.7. The van der Waals surface area contributed by atoms with Crippen LogP contribution in [0.15, 0.2) is 30.3 Å². The molecule has 0 bridgehead atoms. The highest BCUT2D eigenvalue weighted by atomic mass is 32.2. The molecule has 0 spiro atoms. The fourth-order valence-electron chi connectivity index (χ4n) is 1.46. The Labute approximate surface area is 117 Å². The Morgan fingerprint density at radius 1 is 1.37 bits per heavy atom. The van der Waals surface area contributed by atoms with Crippen LogP contribution in [0.3, 0.4) is 0 Å². The zero-order valence-corrected chi connectivity index (χ0v) is 11.7. The summed E-state index contributed by atoms with van der Waals surface area (Å²) >= 11 is 1.61. The van der Waals surface area contributed by atoms with E-state index < -0.39 is 12.1 Å². The molecule has 1 radical (unpaired) electrons. The Morgan fingerprint density at radius 2 is 2.05 bits per heavy atom. The van der Waals surface area contributed by atoms with Gasteiger partial charge in [0.1, 0.15) is 6.61 Å². The topological polar surface area (TPSA) is 55.4 Å². The number of ether oxygens (including phenoxy) is 1. The molecule has 5 heteroatoms. The van der Waals surface area contributed by atoms with Crippen LogP contribution >= 0.6 is 11.8 Å². The molecule has 1 aromatic rings. The smallest absolute Gasteiger partial charge is 0.408 e. The first-order valence-electron chi connectivity index (χ1n) is 5.95. The summed E-state index contributed by atoms with van der Waals surface area (Å²) in [5.74, 6) is 0.482. The third kappa shape index (κ3) is 6.29. The van der Waals surface area contributed by atoms with Gasteiger partial charge in [-0.2, -0.15) is 11.8 Å². The lowest BCUT2D eigenvalue weighted by Gasteiger charge is -2.15. The minimum atomic E-state index is -0.591. The zero-order chi connectivity index (χ0) is 14.1. The molecule has 1 N–H and O–H groups in total. The number of Topliss-reactive ketones (excluding diaryl/α,β-unsaturated/α-hetero) is 1. The van der Waals surface area contributed by atoms with Gasteiger partial charge in [-0.05, 0) is 24.0 Å². The fourth-order valence-corrected chi connectivity index (χ4v) is 1.93. The van der Waals surface area contributed by atoms with Crippen LogP contribution in [0.5, 0.6) is 0 Å². The highest BCUT2D eigenvalue weighted by Crippen LogP contribution is 2.04. The number of carbonyl (C=O) groups excluding carboxylic acids is 2. The van der Waals surface area contributed by atoms with Gasteiger partial charge in [0.05, 0.1) is 6.04 Å². The SMILES string of the molecule is [CH2]C(=O)[C@H](CCSC)NC(=O)OCc1ccccc1. The fraction of sp³-hybridized carbons (Fsp3) is 0.357. The van der Waals surface area contributed by atoms with Crippen molar-refractivity contribution in [2.24, 2.45) is 0 Å². The maximum Gasteiger partial charge on any atom is 0.408 e. The van der Waals surface area contributed by atoms with E-state index in [-0.39, 0.29) is 12.4 Å². The second-order valence-corrected chi connectivity index (χ2v) is 4.99. The summed E-state index contributed by atoms with van der Waals surface area (Å²) in [5, 5.41) is 2.53. The molecule has 1 rings (SSSR count). The molecule has 0 saturated heterocycles. The number of nitrogens with one attached hydrogen (secondary N) is 1. The van der Waals surface area contributed by atoms with E-state index in [1.807, 2.05) is 36.6 Å². The summed E-state index contributed by atoms with van der Waals surface area (Å²) in [7, 11) is 0. The number of thioether (sulfide) groups is 1. The van der Waals surface area contributed by atoms with Crippen LogP contribution in [-0.2, 0) is 16.1 Å². The number of ketones is 1. The summed E-state index contributed by atoms with van der Waals surface area (Å²) < 4.78 is 5.05. The summed E-state index contributed by atoms with van der Waals surface area (Å²) in [6, 6.07) is 8.80. The van der Waals surface area contributed by atoms with Crippen molar-refractivity contribution < 1.29 is 14.3 Å². The first-order valence-corrected chi connectivity index (χ1v) is 7.35. The molecule has 1 amide bonds. The summed E-state index contributed by atoms with van der Waals surface area (Å²) in [5.41, 5.74) is 0.902. The maximum atomic E-state index is 11.6. The van der Waals surface area contributed by atoms with Gasteiger partial charge in [-0.3, -0.25) is 4.79 Å². The van der Waals surface area contributed by atoms with Crippen molar-refractivity contribution in [1.82, 2.24) is 5.32 Å². The lowest BCUT2D eigenvalue weighted by Crippen LogP contribution is -2.40. The number of carbonyl (C=O) groups is 2. The van der Waals surface area contributed by atoms with E-state index in [0.717, 1.165) is 11.3 Å². The quantitative estimate of drug-likeness (QED) is 0.833. The van der Waals surface area contributed by atoms with Crippen molar-refractivity contribution in [2.75, 3.05) is 12.0 Å². The van der Waals surface area contributed by atoms with Gasteiger partial charge in [-0.1, -0.05) is 30.3 Å². The largest absolute Gasteiger partial charge is 0.445 e. The molecule has 1 aromatic carbocycles. The Morgan fingerprint density at radius 3 is 2.63 bits per heavy atom. The lowest BCUT2D eigenvalue weighted by molar-refractivity contribution is -0.116. The standard InChI is InChI=1S/C14H18NO3S/c1-11(16)13(8-9-19-2)15-14(17)18-10-12-6-4-3-5-7-12/h3-7,13H,1,8-10H2,2H3,(H,15,17)/t13-/m0/s1. The molecule has 0 aliphatic carbocycles. The van der Waals surface area contributed by atoms with Crippen LogP contribution < -0.4 is 5.32 Å². The Kier molecular flexibility index (Phi) is 7.03. The van der Waals surface area contributed by atoms with Crippen molar-refractivity contribution >= 4 is 23.6 Å². The van der Waals surface area contributed by atoms with E-state index in [1.165, 1.54) is 0 Å². The molecule has 0 heterocycles. The number of amides is 1. The van der Waals surface area contributed by atoms with Crippen molar-refractivity contribution in [1.29, 1.82) is 0 Å². The van der Waals surface area contributed by atoms with Gasteiger partial charge in [0.25, 0.3) is 0 Å². The van der Waals surface area contributed by atoms with E-state index in [4.69, 9.17) is 4.74 Å². The van der Waals surface area contributed by atoms with E-state index >= 15 is 0 Å². The molecule has 0 fully saturated rings. The van der Waals surface area contributed by atoms with Gasteiger partial charge < -0.3 is 10.1 Å². The minimum absolute atomic E-state index is 0.188. The highest BCUT2D eigenvalue weighted by molar-refractivity contribution is 7.98. The molecule has 0 unspecified atom stereocenters. The first kappa shape index (κ1) is 15.6. The second-order valence-electron chi connectivity index (χ2n) is 4.01. The predicted molar refractivity (Wildman–Crippen MR) is 76.9 cm³/mol. The van der Waals surface area contributed by atoms with Gasteiger partial charge in [-0.15, -0.1) is 0 Å². The second kappa shape index (κ2) is 8.58. The molecular weight excluding hydrogens is 262 g/mol. The summed E-state index contributed by atoms with van der Waals surface area (Å²) in [6.45, 7) is 3.53. The van der Waals surface area contributed by atoms with Crippen LogP contribution in [0, 0.1) is 6.92 Å². The molecule has 1 atom stereocenters. The maximum absolute atomic E-state index is 11.6. The zero-order valence-electron chi connectivity index (χ0n) is 10.9. The molecule has 4 nitrogen and oxygen atoms in total. The number of alkyl carbamates (subject to hydrolysis) is 1. The first-order chi connectivity index (χ1) is 9.13.